The normalized spacial score (nSPS) is 22.5. The molecule has 0 aromatic rings. The monoisotopic (exact) mass is 233 g/mol. The second-order valence-corrected chi connectivity index (χ2v) is 3.63. The van der Waals surface area contributed by atoms with Gasteiger partial charge in [0.15, 0.2) is 0 Å². The minimum absolute atomic E-state index is 0.00137. The molecule has 0 aliphatic carbocycles. The Bertz CT molecular complexity index is 377. The molecule has 0 bridgehead atoms. The molecule has 1 aliphatic heterocycles. The van der Waals surface area contributed by atoms with Gasteiger partial charge in [-0.3, -0.25) is 0 Å². The summed E-state index contributed by atoms with van der Waals surface area (Å²) >= 11 is 0. The van der Waals surface area contributed by atoms with E-state index in [1.54, 1.807) is 14.0 Å². The van der Waals surface area contributed by atoms with E-state index >= 15 is 0 Å². The van der Waals surface area contributed by atoms with E-state index in [0.717, 1.165) is 6.08 Å². The molecule has 1 aliphatic rings. The van der Waals surface area contributed by atoms with Gasteiger partial charge in [0, 0.05) is 24.3 Å². The first-order valence-electron chi connectivity index (χ1n) is 4.78. The van der Waals surface area contributed by atoms with Crippen LogP contribution in [0.25, 0.3) is 0 Å². The van der Waals surface area contributed by atoms with Gasteiger partial charge in [-0.05, 0) is 13.0 Å². The van der Waals surface area contributed by atoms with Crippen molar-refractivity contribution < 1.29 is 13.2 Å². The maximum atomic E-state index is 12.7. The molecule has 0 fully saturated rings. The number of halogens is 3. The van der Waals surface area contributed by atoms with Crippen LogP contribution >= 0.6 is 0 Å². The van der Waals surface area contributed by atoms with Crippen molar-refractivity contribution in [3.8, 4) is 0 Å². The number of aliphatic imine (C=N–C) groups is 1. The third kappa shape index (κ3) is 2.37. The molecule has 1 atom stereocenters. The highest BCUT2D eigenvalue weighted by molar-refractivity contribution is 5.88. The predicted octanol–water partition coefficient (Wildman–Crippen LogP) is 1.93. The predicted molar refractivity (Wildman–Crippen MR) is 56.7 cm³/mol. The summed E-state index contributed by atoms with van der Waals surface area (Å²) in [5.41, 5.74) is 5.25. The van der Waals surface area contributed by atoms with Crippen molar-refractivity contribution >= 4 is 5.71 Å². The zero-order valence-electron chi connectivity index (χ0n) is 9.31. The molecular formula is C10H14F3N3. The Labute approximate surface area is 91.9 Å². The lowest BCUT2D eigenvalue weighted by Gasteiger charge is -2.17. The molecule has 0 radical (unpaired) electrons. The highest BCUT2D eigenvalue weighted by Gasteiger charge is 2.38. The molecule has 0 aromatic carbocycles. The van der Waals surface area contributed by atoms with Gasteiger partial charge in [0.1, 0.15) is 5.82 Å². The molecule has 0 spiro atoms. The van der Waals surface area contributed by atoms with Gasteiger partial charge in [-0.2, -0.15) is 13.2 Å². The van der Waals surface area contributed by atoms with E-state index in [1.165, 1.54) is 6.92 Å². The van der Waals surface area contributed by atoms with Crippen LogP contribution in [0.5, 0.6) is 0 Å². The fourth-order valence-corrected chi connectivity index (χ4v) is 1.45. The van der Waals surface area contributed by atoms with Crippen molar-refractivity contribution in [1.29, 1.82) is 0 Å². The number of hydrogen-bond donors (Lipinski definition) is 2. The van der Waals surface area contributed by atoms with Crippen LogP contribution < -0.4 is 11.1 Å². The number of alkyl halides is 3. The van der Waals surface area contributed by atoms with Gasteiger partial charge in [-0.1, -0.05) is 6.92 Å². The Morgan fingerprint density at radius 3 is 2.44 bits per heavy atom. The molecule has 0 aromatic heterocycles. The summed E-state index contributed by atoms with van der Waals surface area (Å²) in [6.45, 7) is 3.02. The molecule has 1 rings (SSSR count). The van der Waals surface area contributed by atoms with Crippen molar-refractivity contribution in [3.63, 3.8) is 0 Å². The Hall–Kier alpha value is -1.46. The lowest BCUT2D eigenvalue weighted by Crippen LogP contribution is -2.22. The number of hydrogen-bond acceptors (Lipinski definition) is 3. The van der Waals surface area contributed by atoms with Gasteiger partial charge in [-0.15, -0.1) is 0 Å². The third-order valence-corrected chi connectivity index (χ3v) is 2.53. The zero-order chi connectivity index (χ0) is 12.5. The van der Waals surface area contributed by atoms with E-state index in [-0.39, 0.29) is 11.5 Å². The van der Waals surface area contributed by atoms with Gasteiger partial charge < -0.3 is 11.1 Å². The summed E-state index contributed by atoms with van der Waals surface area (Å²) in [6.07, 6.45) is -3.44. The maximum Gasteiger partial charge on any atom is 0.413 e. The summed E-state index contributed by atoms with van der Waals surface area (Å²) < 4.78 is 38.2. The molecule has 0 saturated carbocycles. The molecule has 3 nitrogen and oxygen atoms in total. The van der Waals surface area contributed by atoms with Crippen molar-refractivity contribution in [2.75, 3.05) is 7.05 Å². The Morgan fingerprint density at radius 2 is 2.00 bits per heavy atom. The standard InChI is InChI=1S/C10H14F3N3/c1-5-6(2)16-9(15-3)8(14)4-7(5)10(11,12)13/h4-5,15H,14H2,1-3H3. The maximum absolute atomic E-state index is 12.7. The van der Waals surface area contributed by atoms with E-state index in [9.17, 15) is 13.2 Å². The van der Waals surface area contributed by atoms with E-state index in [0.29, 0.717) is 5.71 Å². The van der Waals surface area contributed by atoms with Crippen LogP contribution in [-0.2, 0) is 0 Å². The molecule has 6 heteroatoms. The second kappa shape index (κ2) is 4.19. The number of allylic oxidation sites excluding steroid dienone is 2. The van der Waals surface area contributed by atoms with Crippen LogP contribution in [0.1, 0.15) is 13.8 Å². The lowest BCUT2D eigenvalue weighted by atomic mass is 9.96. The average molecular weight is 233 g/mol. The first-order valence-corrected chi connectivity index (χ1v) is 4.78. The smallest absolute Gasteiger partial charge is 0.396 e. The van der Waals surface area contributed by atoms with Gasteiger partial charge in [0.25, 0.3) is 0 Å². The van der Waals surface area contributed by atoms with E-state index in [1.807, 2.05) is 0 Å². The highest BCUT2D eigenvalue weighted by atomic mass is 19.4. The van der Waals surface area contributed by atoms with Gasteiger partial charge >= 0.3 is 6.18 Å². The fraction of sp³-hybridized carbons (Fsp3) is 0.500. The van der Waals surface area contributed by atoms with Crippen molar-refractivity contribution in [3.05, 3.63) is 23.2 Å². The van der Waals surface area contributed by atoms with Crippen molar-refractivity contribution in [2.45, 2.75) is 20.0 Å². The Balaban J connectivity index is 3.32. The van der Waals surface area contributed by atoms with Crippen molar-refractivity contribution in [2.24, 2.45) is 16.6 Å². The SMILES string of the molecule is CNC1=C(N)C=C(C(F)(F)F)C(C)C(C)=N1. The van der Waals surface area contributed by atoms with Crippen LogP contribution in [0.15, 0.2) is 28.2 Å². The molecule has 0 saturated heterocycles. The number of nitrogens with two attached hydrogens (primary N) is 1. The van der Waals surface area contributed by atoms with Crippen molar-refractivity contribution in [1.82, 2.24) is 5.32 Å². The summed E-state index contributed by atoms with van der Waals surface area (Å²) in [5, 5.41) is 2.67. The quantitative estimate of drug-likeness (QED) is 0.727. The molecule has 90 valence electrons. The topological polar surface area (TPSA) is 50.4 Å². The summed E-state index contributed by atoms with van der Waals surface area (Å²) in [7, 11) is 1.57. The zero-order valence-corrected chi connectivity index (χ0v) is 9.31. The fourth-order valence-electron chi connectivity index (χ4n) is 1.45. The molecular weight excluding hydrogens is 219 g/mol. The number of nitrogens with one attached hydrogen (secondary N) is 1. The van der Waals surface area contributed by atoms with E-state index < -0.39 is 17.7 Å². The number of nitrogens with zero attached hydrogens (tertiary/aromatic N) is 1. The molecule has 3 N–H and O–H groups in total. The average Bonchev–Trinajstić information content (AvgIpc) is 2.28. The largest absolute Gasteiger partial charge is 0.413 e. The van der Waals surface area contributed by atoms with E-state index in [2.05, 4.69) is 10.3 Å². The van der Waals surface area contributed by atoms with Crippen LogP contribution in [-0.4, -0.2) is 18.9 Å². The summed E-state index contributed by atoms with van der Waals surface area (Å²) in [6, 6.07) is 0. The molecule has 0 amide bonds. The first-order chi connectivity index (χ1) is 7.27. The van der Waals surface area contributed by atoms with Gasteiger partial charge in [-0.25, -0.2) is 4.99 Å². The van der Waals surface area contributed by atoms with Crippen LogP contribution in [0, 0.1) is 5.92 Å². The summed E-state index contributed by atoms with van der Waals surface area (Å²) in [4.78, 5) is 4.03. The Kier molecular flexibility index (Phi) is 3.30. The lowest BCUT2D eigenvalue weighted by molar-refractivity contribution is -0.0959. The Morgan fingerprint density at radius 1 is 1.44 bits per heavy atom. The highest BCUT2D eigenvalue weighted by Crippen LogP contribution is 2.34. The molecule has 1 heterocycles. The third-order valence-electron chi connectivity index (χ3n) is 2.53. The second-order valence-electron chi connectivity index (χ2n) is 3.63. The number of rotatable bonds is 1. The van der Waals surface area contributed by atoms with E-state index in [4.69, 9.17) is 5.73 Å². The first kappa shape index (κ1) is 12.6. The molecule has 16 heavy (non-hydrogen) atoms. The van der Waals surface area contributed by atoms with Crippen LogP contribution in [0.4, 0.5) is 13.2 Å². The van der Waals surface area contributed by atoms with Gasteiger partial charge in [0.05, 0.1) is 5.70 Å². The minimum atomic E-state index is -4.38. The van der Waals surface area contributed by atoms with Crippen LogP contribution in [0.3, 0.4) is 0 Å². The molecule has 1 unspecified atom stereocenters. The van der Waals surface area contributed by atoms with Gasteiger partial charge in [0.2, 0.25) is 0 Å². The van der Waals surface area contributed by atoms with Crippen LogP contribution in [0.2, 0.25) is 0 Å². The minimum Gasteiger partial charge on any atom is -0.396 e. The summed E-state index contributed by atoms with van der Waals surface area (Å²) in [5.74, 6) is -0.520.